The van der Waals surface area contributed by atoms with Crippen molar-refractivity contribution in [1.82, 2.24) is 0 Å². The fraction of sp³-hybridized carbons (Fsp3) is 0.200. The molecule has 0 spiro atoms. The lowest BCUT2D eigenvalue weighted by Gasteiger charge is -2.01. The van der Waals surface area contributed by atoms with Crippen molar-refractivity contribution in [2.45, 2.75) is 5.75 Å². The maximum atomic E-state index is 11.5. The second kappa shape index (κ2) is 6.36. The predicted molar refractivity (Wildman–Crippen MR) is 65.5 cm³/mol. The number of methoxy groups -OCH3 is 1. The maximum Gasteiger partial charge on any atom is 0.372 e. The Hall–Kier alpha value is -1.60. The van der Waals surface area contributed by atoms with Crippen LogP contribution in [0.1, 0.15) is 5.56 Å². The third-order valence-corrected chi connectivity index (χ3v) is 2.98. The summed E-state index contributed by atoms with van der Waals surface area (Å²) < 4.78 is 31.4. The van der Waals surface area contributed by atoms with Crippen LogP contribution in [-0.2, 0) is 29.7 Å². The zero-order chi connectivity index (χ0) is 13.6. The first kappa shape index (κ1) is 14.5. The van der Waals surface area contributed by atoms with Gasteiger partial charge in [0.05, 0.1) is 7.11 Å². The fourth-order valence-corrected chi connectivity index (χ4v) is 2.01. The van der Waals surface area contributed by atoms with Gasteiger partial charge in [-0.05, 0) is 10.7 Å². The highest BCUT2D eigenvalue weighted by atomic mass is 35.5. The van der Waals surface area contributed by atoms with Gasteiger partial charge in [-0.3, -0.25) is 4.28 Å². The number of oxime groups is 1. The van der Waals surface area contributed by atoms with Crippen molar-refractivity contribution in [1.29, 1.82) is 0 Å². The molecule has 0 unspecified atom stereocenters. The van der Waals surface area contributed by atoms with E-state index in [1.165, 1.54) is 0 Å². The highest BCUT2D eigenvalue weighted by molar-refractivity contribution is 7.85. The maximum absolute atomic E-state index is 11.5. The minimum atomic E-state index is -3.95. The number of carbonyl (C=O) groups is 1. The molecular weight excluding hydrogens is 282 g/mol. The molecule has 0 bridgehead atoms. The molecule has 1 aromatic rings. The van der Waals surface area contributed by atoms with E-state index in [2.05, 4.69) is 14.2 Å². The Labute approximate surface area is 109 Å². The summed E-state index contributed by atoms with van der Waals surface area (Å²) in [5.41, 5.74) is 0.530. The summed E-state index contributed by atoms with van der Waals surface area (Å²) in [6.07, 6.45) is 0. The summed E-state index contributed by atoms with van der Waals surface area (Å²) in [5, 5.41) is 2.28. The molecule has 18 heavy (non-hydrogen) atoms. The second-order valence-corrected chi connectivity index (χ2v) is 5.05. The highest BCUT2D eigenvalue weighted by Crippen LogP contribution is 2.08. The number of ether oxygens (including phenoxy) is 1. The molecule has 0 atom stereocenters. The van der Waals surface area contributed by atoms with Crippen LogP contribution in [0.4, 0.5) is 0 Å². The van der Waals surface area contributed by atoms with E-state index >= 15 is 0 Å². The van der Waals surface area contributed by atoms with E-state index in [-0.39, 0.29) is 5.75 Å². The SMILES string of the molecule is COC(=O)C(Cl)=NOS(=O)(=O)Cc1ccccc1. The largest absolute Gasteiger partial charge is 0.464 e. The van der Waals surface area contributed by atoms with Crippen LogP contribution in [-0.4, -0.2) is 26.7 Å². The predicted octanol–water partition coefficient (Wildman–Crippen LogP) is 1.26. The molecule has 0 aromatic heterocycles. The zero-order valence-corrected chi connectivity index (χ0v) is 10.9. The van der Waals surface area contributed by atoms with Crippen molar-refractivity contribution in [2.75, 3.05) is 7.11 Å². The van der Waals surface area contributed by atoms with E-state index in [1.54, 1.807) is 30.3 Å². The number of rotatable bonds is 5. The molecule has 1 rings (SSSR count). The van der Waals surface area contributed by atoms with Crippen LogP contribution in [0.3, 0.4) is 0 Å². The van der Waals surface area contributed by atoms with Crippen LogP contribution in [0.25, 0.3) is 0 Å². The Bertz CT molecular complexity index is 541. The average molecular weight is 292 g/mol. The van der Waals surface area contributed by atoms with Crippen LogP contribution in [0.15, 0.2) is 35.5 Å². The molecule has 8 heteroatoms. The molecule has 0 aliphatic rings. The van der Waals surface area contributed by atoms with Crippen molar-refractivity contribution in [3.8, 4) is 0 Å². The first-order valence-electron chi connectivity index (χ1n) is 4.71. The van der Waals surface area contributed by atoms with E-state index in [1.807, 2.05) is 0 Å². The Morgan fingerprint density at radius 1 is 1.33 bits per heavy atom. The normalized spacial score (nSPS) is 12.0. The number of nitrogens with zero attached hydrogens (tertiary/aromatic N) is 1. The quantitative estimate of drug-likeness (QED) is 0.463. The summed E-state index contributed by atoms with van der Waals surface area (Å²) in [4.78, 5) is 10.8. The molecule has 0 amide bonds. The number of hydrogen-bond donors (Lipinski definition) is 0. The zero-order valence-electron chi connectivity index (χ0n) is 9.37. The summed E-state index contributed by atoms with van der Waals surface area (Å²) in [6, 6.07) is 8.37. The van der Waals surface area contributed by atoms with Crippen LogP contribution in [0, 0.1) is 0 Å². The van der Waals surface area contributed by atoms with Crippen molar-refractivity contribution in [2.24, 2.45) is 5.16 Å². The molecule has 0 fully saturated rings. The van der Waals surface area contributed by atoms with Crippen LogP contribution in [0.5, 0.6) is 0 Å². The van der Waals surface area contributed by atoms with Gasteiger partial charge in [-0.15, -0.1) is 0 Å². The lowest BCUT2D eigenvalue weighted by Crippen LogP contribution is -2.12. The van der Waals surface area contributed by atoms with Gasteiger partial charge in [0, 0.05) is 0 Å². The van der Waals surface area contributed by atoms with Crippen molar-refractivity contribution >= 4 is 32.9 Å². The number of halogens is 1. The second-order valence-electron chi connectivity index (χ2n) is 3.14. The van der Waals surface area contributed by atoms with Gasteiger partial charge in [0.1, 0.15) is 5.75 Å². The lowest BCUT2D eigenvalue weighted by molar-refractivity contribution is -0.132. The number of carbonyl (C=O) groups excluding carboxylic acids is 1. The Kier molecular flexibility index (Phi) is 5.11. The molecule has 0 aliphatic carbocycles. The molecule has 0 saturated heterocycles. The van der Waals surface area contributed by atoms with Gasteiger partial charge in [0.15, 0.2) is 0 Å². The molecule has 0 aliphatic heterocycles. The van der Waals surface area contributed by atoms with Crippen LogP contribution < -0.4 is 0 Å². The van der Waals surface area contributed by atoms with E-state index in [9.17, 15) is 13.2 Å². The molecule has 0 heterocycles. The van der Waals surface area contributed by atoms with Gasteiger partial charge in [-0.25, -0.2) is 4.79 Å². The third-order valence-electron chi connectivity index (χ3n) is 1.77. The molecule has 0 N–H and O–H groups in total. The van der Waals surface area contributed by atoms with Gasteiger partial charge < -0.3 is 4.74 Å². The van der Waals surface area contributed by atoms with E-state index in [0.29, 0.717) is 5.56 Å². The Morgan fingerprint density at radius 3 is 2.50 bits per heavy atom. The topological polar surface area (TPSA) is 82.0 Å². The average Bonchev–Trinajstić information content (AvgIpc) is 2.35. The van der Waals surface area contributed by atoms with Crippen LogP contribution in [0.2, 0.25) is 0 Å². The smallest absolute Gasteiger partial charge is 0.372 e. The van der Waals surface area contributed by atoms with Crippen LogP contribution >= 0.6 is 11.6 Å². The molecule has 1 aromatic carbocycles. The minimum Gasteiger partial charge on any atom is -0.464 e. The molecule has 98 valence electrons. The minimum absolute atomic E-state index is 0.372. The van der Waals surface area contributed by atoms with Gasteiger partial charge in [0.25, 0.3) is 5.17 Å². The summed E-state index contributed by atoms with van der Waals surface area (Å²) in [5.74, 6) is -1.35. The number of esters is 1. The van der Waals surface area contributed by atoms with Crippen molar-refractivity contribution < 1.29 is 22.2 Å². The highest BCUT2D eigenvalue weighted by Gasteiger charge is 2.15. The third kappa shape index (κ3) is 4.72. The lowest BCUT2D eigenvalue weighted by atomic mass is 10.2. The van der Waals surface area contributed by atoms with Gasteiger partial charge >= 0.3 is 16.1 Å². The van der Waals surface area contributed by atoms with E-state index < -0.39 is 21.3 Å². The summed E-state index contributed by atoms with van der Waals surface area (Å²) in [6.45, 7) is 0. The van der Waals surface area contributed by atoms with Gasteiger partial charge in [0.2, 0.25) is 0 Å². The summed E-state index contributed by atoms with van der Waals surface area (Å²) >= 11 is 5.33. The molecular formula is C10H10ClNO5S. The Morgan fingerprint density at radius 2 is 1.94 bits per heavy atom. The number of benzene rings is 1. The standard InChI is InChI=1S/C10H10ClNO5S/c1-16-10(13)9(11)12-17-18(14,15)7-8-5-3-2-4-6-8/h2-6H,7H2,1H3. The van der Waals surface area contributed by atoms with Crippen molar-refractivity contribution in [3.05, 3.63) is 35.9 Å². The van der Waals surface area contributed by atoms with E-state index in [0.717, 1.165) is 7.11 Å². The molecule has 6 nitrogen and oxygen atoms in total. The molecule has 0 radical (unpaired) electrons. The first-order valence-corrected chi connectivity index (χ1v) is 6.67. The fourth-order valence-electron chi connectivity index (χ4n) is 1.02. The molecule has 0 saturated carbocycles. The van der Waals surface area contributed by atoms with E-state index in [4.69, 9.17) is 11.6 Å². The van der Waals surface area contributed by atoms with Gasteiger partial charge in [-0.1, -0.05) is 41.9 Å². The monoisotopic (exact) mass is 291 g/mol. The van der Waals surface area contributed by atoms with Gasteiger partial charge in [-0.2, -0.15) is 8.42 Å². The number of hydrogen-bond acceptors (Lipinski definition) is 6. The first-order chi connectivity index (χ1) is 8.44. The van der Waals surface area contributed by atoms with Crippen molar-refractivity contribution in [3.63, 3.8) is 0 Å². The Balaban J connectivity index is 2.69. The summed E-state index contributed by atoms with van der Waals surface area (Å²) in [7, 11) is -2.87.